The highest BCUT2D eigenvalue weighted by Gasteiger charge is 2.30. The predicted octanol–water partition coefficient (Wildman–Crippen LogP) is 2.24. The normalized spacial score (nSPS) is 22.6. The molecule has 1 aromatic carbocycles. The van der Waals surface area contributed by atoms with Gasteiger partial charge in [0.15, 0.2) is 0 Å². The monoisotopic (exact) mass is 340 g/mol. The number of rotatable bonds is 3. The summed E-state index contributed by atoms with van der Waals surface area (Å²) in [5.74, 6) is -1.53. The molecule has 3 N–H and O–H groups in total. The first kappa shape index (κ1) is 14.8. The molecule has 108 valence electrons. The minimum atomic E-state index is -0.977. The molecule has 2 atom stereocenters. The van der Waals surface area contributed by atoms with Gasteiger partial charge >= 0.3 is 5.97 Å². The van der Waals surface area contributed by atoms with Crippen LogP contribution in [-0.4, -0.2) is 29.6 Å². The summed E-state index contributed by atoms with van der Waals surface area (Å²) < 4.78 is 0.717. The van der Waals surface area contributed by atoms with Crippen LogP contribution >= 0.6 is 15.9 Å². The highest BCUT2D eigenvalue weighted by atomic mass is 79.9. The molecule has 5 nitrogen and oxygen atoms in total. The van der Waals surface area contributed by atoms with Gasteiger partial charge in [0.1, 0.15) is 0 Å². The van der Waals surface area contributed by atoms with E-state index in [4.69, 9.17) is 5.73 Å². The van der Waals surface area contributed by atoms with Crippen LogP contribution in [0.1, 0.15) is 30.1 Å². The van der Waals surface area contributed by atoms with Gasteiger partial charge in [0.05, 0.1) is 17.2 Å². The second-order valence-corrected chi connectivity index (χ2v) is 6.06. The Kier molecular flexibility index (Phi) is 4.32. The SMILES string of the molecule is CC1CCC(C(N)=O)CN1c1ccc(Br)cc1C(=O)O. The molecule has 1 amide bonds. The number of piperidine rings is 1. The molecule has 6 heteroatoms. The van der Waals surface area contributed by atoms with Crippen molar-refractivity contribution in [1.29, 1.82) is 0 Å². The van der Waals surface area contributed by atoms with Crippen LogP contribution in [0, 0.1) is 5.92 Å². The summed E-state index contributed by atoms with van der Waals surface area (Å²) in [6, 6.07) is 5.35. The topological polar surface area (TPSA) is 83.6 Å². The molecule has 20 heavy (non-hydrogen) atoms. The van der Waals surface area contributed by atoms with E-state index in [-0.39, 0.29) is 23.4 Å². The Bertz CT molecular complexity index is 547. The second kappa shape index (κ2) is 5.83. The molecule has 1 fully saturated rings. The molecular formula is C14H17BrN2O3. The largest absolute Gasteiger partial charge is 0.478 e. The third-order valence-electron chi connectivity index (χ3n) is 3.78. The summed E-state index contributed by atoms with van der Waals surface area (Å²) >= 11 is 3.28. The number of carbonyl (C=O) groups excluding carboxylic acids is 1. The van der Waals surface area contributed by atoms with Crippen molar-refractivity contribution >= 4 is 33.5 Å². The van der Waals surface area contributed by atoms with Crippen molar-refractivity contribution in [3.63, 3.8) is 0 Å². The van der Waals surface area contributed by atoms with Crippen LogP contribution < -0.4 is 10.6 Å². The van der Waals surface area contributed by atoms with Crippen LogP contribution in [0.3, 0.4) is 0 Å². The Labute approximate surface area is 125 Å². The van der Waals surface area contributed by atoms with Gasteiger partial charge in [-0.15, -0.1) is 0 Å². The van der Waals surface area contributed by atoms with Gasteiger partial charge < -0.3 is 15.7 Å². The lowest BCUT2D eigenvalue weighted by Crippen LogP contribution is -2.46. The lowest BCUT2D eigenvalue weighted by atomic mass is 9.92. The molecule has 1 heterocycles. The van der Waals surface area contributed by atoms with Gasteiger partial charge in [0, 0.05) is 17.1 Å². The van der Waals surface area contributed by atoms with Gasteiger partial charge in [0.2, 0.25) is 5.91 Å². The number of nitrogens with two attached hydrogens (primary N) is 1. The highest BCUT2D eigenvalue weighted by molar-refractivity contribution is 9.10. The van der Waals surface area contributed by atoms with E-state index in [0.29, 0.717) is 12.2 Å². The average Bonchev–Trinajstić information content (AvgIpc) is 2.39. The van der Waals surface area contributed by atoms with Crippen molar-refractivity contribution in [2.75, 3.05) is 11.4 Å². The van der Waals surface area contributed by atoms with Crippen LogP contribution in [0.2, 0.25) is 0 Å². The molecule has 2 unspecified atom stereocenters. The lowest BCUT2D eigenvalue weighted by Gasteiger charge is -2.39. The van der Waals surface area contributed by atoms with E-state index in [0.717, 1.165) is 17.3 Å². The third-order valence-corrected chi connectivity index (χ3v) is 4.28. The van der Waals surface area contributed by atoms with Crippen LogP contribution in [0.4, 0.5) is 5.69 Å². The van der Waals surface area contributed by atoms with Crippen LogP contribution in [0.5, 0.6) is 0 Å². The van der Waals surface area contributed by atoms with Crippen molar-refractivity contribution in [3.8, 4) is 0 Å². The minimum absolute atomic E-state index is 0.185. The number of anilines is 1. The average molecular weight is 341 g/mol. The number of carboxylic acids is 1. The quantitative estimate of drug-likeness (QED) is 0.883. The van der Waals surface area contributed by atoms with Gasteiger partial charge in [0.25, 0.3) is 0 Å². The van der Waals surface area contributed by atoms with E-state index in [2.05, 4.69) is 15.9 Å². The maximum atomic E-state index is 11.4. The fourth-order valence-electron chi connectivity index (χ4n) is 2.60. The predicted molar refractivity (Wildman–Crippen MR) is 79.8 cm³/mol. The van der Waals surface area contributed by atoms with Gasteiger partial charge in [-0.05, 0) is 38.0 Å². The number of nitrogens with zero attached hydrogens (tertiary/aromatic N) is 1. The maximum Gasteiger partial charge on any atom is 0.337 e. The van der Waals surface area contributed by atoms with E-state index in [1.165, 1.54) is 0 Å². The van der Waals surface area contributed by atoms with Gasteiger partial charge in [-0.3, -0.25) is 4.79 Å². The lowest BCUT2D eigenvalue weighted by molar-refractivity contribution is -0.122. The number of primary amides is 1. The Morgan fingerprint density at radius 2 is 2.10 bits per heavy atom. The molecule has 0 spiro atoms. The number of halogens is 1. The fraction of sp³-hybridized carbons (Fsp3) is 0.429. The van der Waals surface area contributed by atoms with E-state index < -0.39 is 5.97 Å². The first-order valence-corrected chi connectivity index (χ1v) is 7.28. The molecule has 1 aromatic rings. The summed E-state index contributed by atoms with van der Waals surface area (Å²) in [4.78, 5) is 24.7. The number of aromatic carboxylic acids is 1. The number of hydrogen-bond acceptors (Lipinski definition) is 3. The number of benzene rings is 1. The van der Waals surface area contributed by atoms with Gasteiger partial charge in [-0.25, -0.2) is 4.79 Å². The zero-order chi connectivity index (χ0) is 14.9. The Morgan fingerprint density at radius 3 is 2.70 bits per heavy atom. The molecular weight excluding hydrogens is 324 g/mol. The molecule has 0 bridgehead atoms. The summed E-state index contributed by atoms with van der Waals surface area (Å²) in [6.07, 6.45) is 1.58. The van der Waals surface area contributed by atoms with E-state index in [1.54, 1.807) is 12.1 Å². The molecule has 1 aliphatic heterocycles. The van der Waals surface area contributed by atoms with Crippen LogP contribution in [0.25, 0.3) is 0 Å². The molecule has 0 aromatic heterocycles. The first-order chi connectivity index (χ1) is 9.40. The van der Waals surface area contributed by atoms with Gasteiger partial charge in [-0.2, -0.15) is 0 Å². The van der Waals surface area contributed by atoms with E-state index >= 15 is 0 Å². The maximum absolute atomic E-state index is 11.4. The van der Waals surface area contributed by atoms with Crippen LogP contribution in [0.15, 0.2) is 22.7 Å². The number of carbonyl (C=O) groups is 2. The zero-order valence-corrected chi connectivity index (χ0v) is 12.8. The standard InChI is InChI=1S/C14H17BrN2O3/c1-8-2-3-9(13(16)18)7-17(8)12-5-4-10(15)6-11(12)14(19)20/h4-6,8-9H,2-3,7H2,1H3,(H2,16,18)(H,19,20). The number of amides is 1. The molecule has 0 radical (unpaired) electrons. The van der Waals surface area contributed by atoms with Gasteiger partial charge in [-0.1, -0.05) is 15.9 Å². The highest BCUT2D eigenvalue weighted by Crippen LogP contribution is 2.31. The van der Waals surface area contributed by atoms with Crippen molar-refractivity contribution in [2.45, 2.75) is 25.8 Å². The second-order valence-electron chi connectivity index (χ2n) is 5.14. The van der Waals surface area contributed by atoms with Crippen molar-refractivity contribution in [1.82, 2.24) is 0 Å². The molecule has 0 aliphatic carbocycles. The smallest absolute Gasteiger partial charge is 0.337 e. The summed E-state index contributed by atoms with van der Waals surface area (Å²) in [5, 5.41) is 9.34. The Hall–Kier alpha value is -1.56. The molecule has 1 aliphatic rings. The third kappa shape index (κ3) is 2.95. The summed E-state index contributed by atoms with van der Waals surface area (Å²) in [6.45, 7) is 2.50. The van der Waals surface area contributed by atoms with E-state index in [9.17, 15) is 14.7 Å². The Morgan fingerprint density at radius 1 is 1.40 bits per heavy atom. The number of hydrogen-bond donors (Lipinski definition) is 2. The zero-order valence-electron chi connectivity index (χ0n) is 11.2. The Balaban J connectivity index is 2.38. The van der Waals surface area contributed by atoms with Crippen molar-refractivity contribution in [3.05, 3.63) is 28.2 Å². The van der Waals surface area contributed by atoms with Crippen LogP contribution in [-0.2, 0) is 4.79 Å². The van der Waals surface area contributed by atoms with Crippen molar-refractivity contribution < 1.29 is 14.7 Å². The van der Waals surface area contributed by atoms with E-state index in [1.807, 2.05) is 17.9 Å². The summed E-state index contributed by atoms with van der Waals surface area (Å²) in [7, 11) is 0. The molecule has 1 saturated heterocycles. The first-order valence-electron chi connectivity index (χ1n) is 6.49. The molecule has 0 saturated carbocycles. The molecule has 2 rings (SSSR count). The minimum Gasteiger partial charge on any atom is -0.478 e. The van der Waals surface area contributed by atoms with Crippen molar-refractivity contribution in [2.24, 2.45) is 11.7 Å². The fourth-order valence-corrected chi connectivity index (χ4v) is 2.97. The number of carboxylic acid groups (broad SMARTS) is 1. The summed E-state index contributed by atoms with van der Waals surface area (Å²) in [5.41, 5.74) is 6.26.